The number of hydrogen-bond acceptors (Lipinski definition) is 4. The smallest absolute Gasteiger partial charge is 0.386 e. The average molecular weight is 338 g/mol. The molecule has 0 aliphatic heterocycles. The molecule has 0 radical (unpaired) electrons. The van der Waals surface area contributed by atoms with Gasteiger partial charge < -0.3 is 10.4 Å². The van der Waals surface area contributed by atoms with Crippen molar-refractivity contribution in [3.63, 3.8) is 0 Å². The van der Waals surface area contributed by atoms with Gasteiger partial charge in [-0.1, -0.05) is 0 Å². The Balaban J connectivity index is 2.84. The molecule has 128 valence electrons. The van der Waals surface area contributed by atoms with Crippen LogP contribution in [-0.2, 0) is 4.79 Å². The molecule has 2 N–H and O–H groups in total. The summed E-state index contributed by atoms with van der Waals surface area (Å²) in [5.74, 6) is -3.83. The van der Waals surface area contributed by atoms with Gasteiger partial charge in [0.15, 0.2) is 0 Å². The lowest BCUT2D eigenvalue weighted by Gasteiger charge is -2.24. The Labute approximate surface area is 128 Å². The van der Waals surface area contributed by atoms with Crippen molar-refractivity contribution in [3.8, 4) is 0 Å². The van der Waals surface area contributed by atoms with E-state index < -0.39 is 41.7 Å². The molecule has 0 spiro atoms. The molecule has 10 heteroatoms. The number of nitrogens with zero attached hydrogens (tertiary/aromatic N) is 1. The van der Waals surface area contributed by atoms with Gasteiger partial charge in [0.25, 0.3) is 5.69 Å². The number of rotatable bonds is 6. The van der Waals surface area contributed by atoms with Gasteiger partial charge in [-0.2, -0.15) is 13.2 Å². The van der Waals surface area contributed by atoms with E-state index >= 15 is 0 Å². The van der Waals surface area contributed by atoms with Gasteiger partial charge in [0.1, 0.15) is 18.7 Å². The minimum Gasteiger partial charge on any atom is -0.386 e. The van der Waals surface area contributed by atoms with Gasteiger partial charge in [0, 0.05) is 12.1 Å². The number of carbonyl (C=O) groups excluding carboxylic acids is 1. The van der Waals surface area contributed by atoms with E-state index in [1.165, 1.54) is 0 Å². The SMILES string of the molecule is C[C@@H](C(=O)N[C@H](CF)[C@H](O)c1ccc([N+](=O)[O-])cc1)C(F)(F)F. The van der Waals surface area contributed by atoms with Crippen molar-refractivity contribution in [3.05, 3.63) is 39.9 Å². The first kappa shape index (κ1) is 18.8. The largest absolute Gasteiger partial charge is 0.400 e. The normalized spacial score (nSPS) is 15.6. The van der Waals surface area contributed by atoms with Crippen molar-refractivity contribution in [1.29, 1.82) is 0 Å². The third-order valence-electron chi connectivity index (χ3n) is 3.20. The van der Waals surface area contributed by atoms with E-state index in [1.807, 2.05) is 0 Å². The first-order valence-electron chi connectivity index (χ1n) is 6.43. The summed E-state index contributed by atoms with van der Waals surface area (Å²) in [5, 5.41) is 22.2. The molecule has 6 nitrogen and oxygen atoms in total. The predicted molar refractivity (Wildman–Crippen MR) is 71.2 cm³/mol. The zero-order valence-corrected chi connectivity index (χ0v) is 11.9. The maximum Gasteiger partial charge on any atom is 0.400 e. The number of benzene rings is 1. The number of nitro groups is 1. The Hall–Kier alpha value is -2.23. The lowest BCUT2D eigenvalue weighted by atomic mass is 10.0. The Morgan fingerprint density at radius 3 is 2.26 bits per heavy atom. The number of halogens is 4. The van der Waals surface area contributed by atoms with Crippen LogP contribution in [0.15, 0.2) is 24.3 Å². The molecule has 0 fully saturated rings. The molecule has 1 rings (SSSR count). The van der Waals surface area contributed by atoms with Crippen LogP contribution < -0.4 is 5.32 Å². The van der Waals surface area contributed by atoms with Crippen molar-refractivity contribution in [2.45, 2.75) is 25.2 Å². The van der Waals surface area contributed by atoms with E-state index in [1.54, 1.807) is 5.32 Å². The molecule has 0 unspecified atom stereocenters. The van der Waals surface area contributed by atoms with Gasteiger partial charge >= 0.3 is 6.18 Å². The third kappa shape index (κ3) is 4.88. The van der Waals surface area contributed by atoms with Crippen LogP contribution in [0.5, 0.6) is 0 Å². The number of nitro benzene ring substituents is 1. The second kappa shape index (κ2) is 7.36. The van der Waals surface area contributed by atoms with Crippen molar-refractivity contribution in [1.82, 2.24) is 5.32 Å². The lowest BCUT2D eigenvalue weighted by molar-refractivity contribution is -0.384. The summed E-state index contributed by atoms with van der Waals surface area (Å²) in [5.41, 5.74) is -0.245. The minimum atomic E-state index is -4.79. The van der Waals surface area contributed by atoms with Crippen LogP contribution in [0.4, 0.5) is 23.2 Å². The Morgan fingerprint density at radius 2 is 1.87 bits per heavy atom. The van der Waals surface area contributed by atoms with Crippen LogP contribution >= 0.6 is 0 Å². The number of non-ortho nitro benzene ring substituents is 1. The molecule has 0 saturated heterocycles. The first-order valence-corrected chi connectivity index (χ1v) is 6.43. The summed E-state index contributed by atoms with van der Waals surface area (Å²) >= 11 is 0. The highest BCUT2D eigenvalue weighted by Gasteiger charge is 2.42. The topological polar surface area (TPSA) is 92.5 Å². The van der Waals surface area contributed by atoms with Gasteiger partial charge in [-0.05, 0) is 24.6 Å². The summed E-state index contributed by atoms with van der Waals surface area (Å²) in [6.07, 6.45) is -6.44. The predicted octanol–water partition coefficient (Wildman–Crippen LogP) is 2.28. The van der Waals surface area contributed by atoms with E-state index in [-0.39, 0.29) is 11.3 Å². The van der Waals surface area contributed by atoms with Crippen LogP contribution in [0.3, 0.4) is 0 Å². The van der Waals surface area contributed by atoms with Crippen LogP contribution in [0.2, 0.25) is 0 Å². The summed E-state index contributed by atoms with van der Waals surface area (Å²) in [6, 6.07) is 2.76. The highest BCUT2D eigenvalue weighted by atomic mass is 19.4. The number of aliphatic hydroxyl groups is 1. The monoisotopic (exact) mass is 338 g/mol. The first-order chi connectivity index (χ1) is 10.6. The Bertz CT molecular complexity index is 562. The van der Waals surface area contributed by atoms with Crippen molar-refractivity contribution < 1.29 is 32.4 Å². The third-order valence-corrected chi connectivity index (χ3v) is 3.20. The molecule has 1 amide bonds. The number of hydrogen-bond donors (Lipinski definition) is 2. The Kier molecular flexibility index (Phi) is 6.02. The molecule has 0 aromatic heterocycles. The number of nitrogens with one attached hydrogen (secondary N) is 1. The van der Waals surface area contributed by atoms with Crippen molar-refractivity contribution >= 4 is 11.6 Å². The van der Waals surface area contributed by atoms with E-state index in [9.17, 15) is 37.6 Å². The highest BCUT2D eigenvalue weighted by Crippen LogP contribution is 2.27. The molecule has 0 aliphatic carbocycles. The van der Waals surface area contributed by atoms with E-state index in [4.69, 9.17) is 0 Å². The zero-order valence-electron chi connectivity index (χ0n) is 11.9. The van der Waals surface area contributed by atoms with Crippen LogP contribution in [0, 0.1) is 16.0 Å². The summed E-state index contributed by atoms with van der Waals surface area (Å²) in [4.78, 5) is 21.3. The van der Waals surface area contributed by atoms with E-state index in [0.29, 0.717) is 6.92 Å². The molecule has 23 heavy (non-hydrogen) atoms. The molecule has 1 aromatic rings. The Morgan fingerprint density at radius 1 is 1.35 bits per heavy atom. The van der Waals surface area contributed by atoms with Crippen LogP contribution in [0.1, 0.15) is 18.6 Å². The molecule has 0 heterocycles. The summed E-state index contributed by atoms with van der Waals surface area (Å²) in [6.45, 7) is -0.697. The molecular weight excluding hydrogens is 324 g/mol. The zero-order chi connectivity index (χ0) is 17.8. The fourth-order valence-electron chi connectivity index (χ4n) is 1.68. The van der Waals surface area contributed by atoms with Gasteiger partial charge in [-0.3, -0.25) is 14.9 Å². The molecule has 0 aliphatic rings. The van der Waals surface area contributed by atoms with Crippen molar-refractivity contribution in [2.24, 2.45) is 5.92 Å². The molecule has 3 atom stereocenters. The van der Waals surface area contributed by atoms with Gasteiger partial charge in [0.05, 0.1) is 11.0 Å². The standard InChI is InChI=1S/C13H14F4N2O4/c1-7(13(15,16)17)12(21)18-10(6-14)11(20)8-2-4-9(5-3-8)19(22)23/h2-5,7,10-11,20H,6H2,1H3,(H,18,21)/t7-,10+,11+/m0/s1. The molecular formula is C13H14F4N2O4. The van der Waals surface area contributed by atoms with Crippen molar-refractivity contribution in [2.75, 3.05) is 6.67 Å². The number of alkyl halides is 4. The minimum absolute atomic E-state index is 0.0261. The summed E-state index contributed by atoms with van der Waals surface area (Å²) < 4.78 is 50.2. The van der Waals surface area contributed by atoms with Crippen LogP contribution in [-0.4, -0.2) is 34.8 Å². The maximum atomic E-state index is 13.0. The molecule has 0 saturated carbocycles. The number of amides is 1. The van der Waals surface area contributed by atoms with Gasteiger partial charge in [-0.25, -0.2) is 4.39 Å². The van der Waals surface area contributed by atoms with Crippen LogP contribution in [0.25, 0.3) is 0 Å². The second-order valence-electron chi connectivity index (χ2n) is 4.83. The van der Waals surface area contributed by atoms with E-state index in [2.05, 4.69) is 0 Å². The molecule has 1 aromatic carbocycles. The lowest BCUT2D eigenvalue weighted by Crippen LogP contribution is -2.46. The fraction of sp³-hybridized carbons (Fsp3) is 0.462. The average Bonchev–Trinajstić information content (AvgIpc) is 2.50. The number of aliphatic hydroxyl groups excluding tert-OH is 1. The number of carbonyl (C=O) groups is 1. The highest BCUT2D eigenvalue weighted by molar-refractivity contribution is 5.79. The quantitative estimate of drug-likeness (QED) is 0.473. The summed E-state index contributed by atoms with van der Waals surface area (Å²) in [7, 11) is 0. The second-order valence-corrected chi connectivity index (χ2v) is 4.83. The van der Waals surface area contributed by atoms with Gasteiger partial charge in [0.2, 0.25) is 5.91 Å². The maximum absolute atomic E-state index is 13.0. The van der Waals surface area contributed by atoms with E-state index in [0.717, 1.165) is 24.3 Å². The molecule has 0 bridgehead atoms. The fourth-order valence-corrected chi connectivity index (χ4v) is 1.68. The van der Waals surface area contributed by atoms with Gasteiger partial charge in [-0.15, -0.1) is 0 Å².